The van der Waals surface area contributed by atoms with Gasteiger partial charge in [0, 0.05) is 13.5 Å². The van der Waals surface area contributed by atoms with Crippen molar-refractivity contribution in [1.82, 2.24) is 0 Å². The van der Waals surface area contributed by atoms with Crippen LogP contribution in [0, 0.1) is 0 Å². The zero-order chi connectivity index (χ0) is 31.6. The number of carbonyl (C=O) groups is 4. The quantitative estimate of drug-likeness (QED) is 0.0609. The third-order valence-electron chi connectivity index (χ3n) is 5.94. The molecule has 244 valence electrons. The van der Waals surface area contributed by atoms with Gasteiger partial charge in [0.25, 0.3) is 0 Å². The van der Waals surface area contributed by atoms with Gasteiger partial charge in [-0.15, -0.1) is 6.58 Å². The van der Waals surface area contributed by atoms with Gasteiger partial charge in [-0.05, 0) is 44.6 Å². The number of rotatable bonds is 27. The third-order valence-corrected chi connectivity index (χ3v) is 7.10. The Morgan fingerprint density at radius 1 is 0.762 bits per heavy atom. The fourth-order valence-electron chi connectivity index (χ4n) is 3.51. The van der Waals surface area contributed by atoms with Gasteiger partial charge in [-0.1, -0.05) is 51.5 Å². The Bertz CT molecular complexity index is 760. The standard InChI is InChI=1S/C30H52O11S/c1-6-8-9-10-11-12-13-21-42-22-14-16-26(29(34)38-20-19-37-18-17-36-5)41-28(33)24(4)39-30(35)25(15-7-2)40-27(32)23(3)31/h7,23-26,31H,2,6,8-22H2,1,3-5H3. The summed E-state index contributed by atoms with van der Waals surface area (Å²) >= 11 is 1.79. The normalized spacial score (nSPS) is 13.8. The molecular weight excluding hydrogens is 568 g/mol. The molecule has 0 aliphatic carbocycles. The Morgan fingerprint density at radius 2 is 1.38 bits per heavy atom. The second kappa shape index (κ2) is 26.5. The Labute approximate surface area is 255 Å². The maximum atomic E-state index is 12.7. The van der Waals surface area contributed by atoms with E-state index < -0.39 is 48.3 Å². The first-order valence-electron chi connectivity index (χ1n) is 14.9. The number of unbranched alkanes of at least 4 members (excludes halogenated alkanes) is 6. The average Bonchev–Trinajstić information content (AvgIpc) is 2.96. The minimum absolute atomic E-state index is 0.0218. The SMILES string of the molecule is C=CCC(OC(=O)C(C)O)C(=O)OC(C)C(=O)OC(CCCSCCCCCCCCC)C(=O)OCCOCCOC. The molecule has 4 atom stereocenters. The molecule has 0 aliphatic heterocycles. The molecule has 0 heterocycles. The van der Waals surface area contributed by atoms with E-state index in [1.54, 1.807) is 18.9 Å². The molecule has 0 saturated carbocycles. The van der Waals surface area contributed by atoms with Crippen molar-refractivity contribution in [2.24, 2.45) is 0 Å². The number of aliphatic hydroxyl groups excluding tert-OH is 1. The second-order valence-corrected chi connectivity index (χ2v) is 11.0. The van der Waals surface area contributed by atoms with Crippen molar-refractivity contribution in [3.05, 3.63) is 12.7 Å². The van der Waals surface area contributed by atoms with Gasteiger partial charge in [-0.3, -0.25) is 0 Å². The molecule has 0 aliphatic rings. The number of esters is 4. The second-order valence-electron chi connectivity index (χ2n) is 9.78. The van der Waals surface area contributed by atoms with Crippen molar-refractivity contribution in [3.63, 3.8) is 0 Å². The number of carbonyl (C=O) groups excluding carboxylic acids is 4. The molecule has 0 aromatic rings. The van der Waals surface area contributed by atoms with E-state index in [0.717, 1.165) is 17.9 Å². The molecule has 0 bridgehead atoms. The summed E-state index contributed by atoms with van der Waals surface area (Å²) in [5.74, 6) is -1.88. The topological polar surface area (TPSA) is 144 Å². The molecule has 0 fully saturated rings. The zero-order valence-corrected chi connectivity index (χ0v) is 26.7. The molecule has 0 saturated heterocycles. The lowest BCUT2D eigenvalue weighted by atomic mass is 10.1. The Morgan fingerprint density at radius 3 is 2.02 bits per heavy atom. The van der Waals surface area contributed by atoms with Crippen LogP contribution in [0.3, 0.4) is 0 Å². The number of hydrogen-bond acceptors (Lipinski definition) is 12. The van der Waals surface area contributed by atoms with E-state index in [9.17, 15) is 24.3 Å². The lowest BCUT2D eigenvalue weighted by Crippen LogP contribution is -2.38. The van der Waals surface area contributed by atoms with Gasteiger partial charge in [0.1, 0.15) is 12.7 Å². The fourth-order valence-corrected chi connectivity index (χ4v) is 4.50. The average molecular weight is 621 g/mol. The summed E-state index contributed by atoms with van der Waals surface area (Å²) in [4.78, 5) is 49.7. The van der Waals surface area contributed by atoms with Crippen molar-refractivity contribution in [1.29, 1.82) is 0 Å². The van der Waals surface area contributed by atoms with E-state index in [2.05, 4.69) is 13.5 Å². The lowest BCUT2D eigenvalue weighted by Gasteiger charge is -2.21. The van der Waals surface area contributed by atoms with Crippen molar-refractivity contribution >= 4 is 35.6 Å². The third kappa shape index (κ3) is 20.7. The van der Waals surface area contributed by atoms with Gasteiger partial charge in [-0.2, -0.15) is 11.8 Å². The van der Waals surface area contributed by atoms with Gasteiger partial charge in [0.15, 0.2) is 12.2 Å². The molecule has 12 heteroatoms. The molecule has 0 rings (SSSR count). The lowest BCUT2D eigenvalue weighted by molar-refractivity contribution is -0.185. The van der Waals surface area contributed by atoms with E-state index in [1.807, 2.05) is 0 Å². The van der Waals surface area contributed by atoms with Crippen molar-refractivity contribution < 1.29 is 52.7 Å². The van der Waals surface area contributed by atoms with E-state index in [4.69, 9.17) is 28.4 Å². The monoisotopic (exact) mass is 620 g/mol. The van der Waals surface area contributed by atoms with E-state index in [0.29, 0.717) is 19.6 Å². The highest BCUT2D eigenvalue weighted by Gasteiger charge is 2.32. The van der Waals surface area contributed by atoms with Crippen LogP contribution >= 0.6 is 11.8 Å². The summed E-state index contributed by atoms with van der Waals surface area (Å²) in [5.41, 5.74) is 0. The molecule has 0 aromatic carbocycles. The minimum Gasteiger partial charge on any atom is -0.460 e. The largest absolute Gasteiger partial charge is 0.460 e. The van der Waals surface area contributed by atoms with Gasteiger partial charge in [-0.25, -0.2) is 19.2 Å². The number of aliphatic hydroxyl groups is 1. The van der Waals surface area contributed by atoms with Gasteiger partial charge >= 0.3 is 23.9 Å². The van der Waals surface area contributed by atoms with E-state index in [1.165, 1.54) is 58.4 Å². The first-order chi connectivity index (χ1) is 20.2. The number of thioether (sulfide) groups is 1. The number of methoxy groups -OCH3 is 1. The highest BCUT2D eigenvalue weighted by Crippen LogP contribution is 2.15. The van der Waals surface area contributed by atoms with Crippen molar-refractivity contribution in [2.75, 3.05) is 45.0 Å². The maximum Gasteiger partial charge on any atom is 0.348 e. The van der Waals surface area contributed by atoms with Gasteiger partial charge in [0.05, 0.1) is 19.8 Å². The molecule has 0 spiro atoms. The van der Waals surface area contributed by atoms with Crippen LogP contribution in [0.1, 0.15) is 85.0 Å². The Balaban J connectivity index is 4.86. The first kappa shape index (κ1) is 39.8. The molecule has 11 nitrogen and oxygen atoms in total. The summed E-state index contributed by atoms with van der Waals surface area (Å²) in [7, 11) is 1.55. The highest BCUT2D eigenvalue weighted by atomic mass is 32.2. The van der Waals surface area contributed by atoms with Gasteiger partial charge < -0.3 is 33.5 Å². The van der Waals surface area contributed by atoms with E-state index >= 15 is 0 Å². The zero-order valence-electron chi connectivity index (χ0n) is 25.8. The highest BCUT2D eigenvalue weighted by molar-refractivity contribution is 7.99. The molecule has 0 amide bonds. The van der Waals surface area contributed by atoms with Crippen LogP contribution in [0.2, 0.25) is 0 Å². The smallest absolute Gasteiger partial charge is 0.348 e. The Kier molecular flexibility index (Phi) is 25.1. The molecular formula is C30H52O11S. The van der Waals surface area contributed by atoms with E-state index in [-0.39, 0.29) is 26.1 Å². The molecule has 42 heavy (non-hydrogen) atoms. The molecule has 0 radical (unpaired) electrons. The van der Waals surface area contributed by atoms with Crippen LogP contribution in [0.4, 0.5) is 0 Å². The molecule has 0 aromatic heterocycles. The summed E-state index contributed by atoms with van der Waals surface area (Å²) in [6.07, 6.45) is 5.38. The minimum atomic E-state index is -1.45. The number of hydrogen-bond donors (Lipinski definition) is 1. The summed E-state index contributed by atoms with van der Waals surface area (Å²) in [6.45, 7) is 9.08. The van der Waals surface area contributed by atoms with Crippen molar-refractivity contribution in [3.8, 4) is 0 Å². The predicted molar refractivity (Wildman–Crippen MR) is 160 cm³/mol. The van der Waals surface area contributed by atoms with Crippen LogP contribution in [0.5, 0.6) is 0 Å². The molecule has 4 unspecified atom stereocenters. The Hall–Kier alpha value is -2.15. The number of ether oxygens (including phenoxy) is 6. The summed E-state index contributed by atoms with van der Waals surface area (Å²) in [6, 6.07) is 0. The summed E-state index contributed by atoms with van der Waals surface area (Å²) < 4.78 is 30.9. The van der Waals surface area contributed by atoms with Crippen LogP contribution < -0.4 is 0 Å². The fraction of sp³-hybridized carbons (Fsp3) is 0.800. The summed E-state index contributed by atoms with van der Waals surface area (Å²) in [5, 5.41) is 9.35. The van der Waals surface area contributed by atoms with Crippen molar-refractivity contribution in [2.45, 2.75) is 109 Å². The predicted octanol–water partition coefficient (Wildman–Crippen LogP) is 4.17. The van der Waals surface area contributed by atoms with Crippen LogP contribution in [-0.2, 0) is 47.6 Å². The van der Waals surface area contributed by atoms with Crippen LogP contribution in [-0.4, -0.2) is 98.4 Å². The van der Waals surface area contributed by atoms with Gasteiger partial charge in [0.2, 0.25) is 6.10 Å². The van der Waals surface area contributed by atoms with Crippen LogP contribution in [0.15, 0.2) is 12.7 Å². The molecule has 1 N–H and O–H groups in total. The maximum absolute atomic E-state index is 12.7. The van der Waals surface area contributed by atoms with Crippen LogP contribution in [0.25, 0.3) is 0 Å². The first-order valence-corrected chi connectivity index (χ1v) is 16.0.